The summed E-state index contributed by atoms with van der Waals surface area (Å²) in [5.41, 5.74) is 0.108. The number of ketones is 3. The van der Waals surface area contributed by atoms with E-state index < -0.39 is 33.1 Å². The second-order valence-electron chi connectivity index (χ2n) is 7.41. The van der Waals surface area contributed by atoms with Crippen LogP contribution in [-0.4, -0.2) is 51.3 Å². The lowest BCUT2D eigenvalue weighted by Gasteiger charge is -2.20. The van der Waals surface area contributed by atoms with Crippen molar-refractivity contribution in [3.05, 3.63) is 28.3 Å². The van der Waals surface area contributed by atoms with Gasteiger partial charge in [-0.15, -0.1) is 0 Å². The predicted octanol–water partition coefficient (Wildman–Crippen LogP) is 2.56. The van der Waals surface area contributed by atoms with Crippen molar-refractivity contribution in [2.45, 2.75) is 49.7 Å². The highest BCUT2D eigenvalue weighted by Crippen LogP contribution is 2.32. The first-order chi connectivity index (χ1) is 13.7. The largest absolute Gasteiger partial charge is 0.376 e. The lowest BCUT2D eigenvalue weighted by molar-refractivity contribution is -0.133. The van der Waals surface area contributed by atoms with Gasteiger partial charge in [0.1, 0.15) is 5.92 Å². The van der Waals surface area contributed by atoms with Gasteiger partial charge in [0.15, 0.2) is 27.2 Å². The van der Waals surface area contributed by atoms with Crippen molar-refractivity contribution < 1.29 is 32.3 Å². The molecule has 0 aromatic heterocycles. The molecule has 1 saturated heterocycles. The number of ether oxygens (including phenoxy) is 2. The van der Waals surface area contributed by atoms with Crippen molar-refractivity contribution in [3.63, 3.8) is 0 Å². The monoisotopic (exact) mass is 442 g/mol. The first kappa shape index (κ1) is 22.1. The van der Waals surface area contributed by atoms with Crippen LogP contribution in [0.2, 0.25) is 5.02 Å². The van der Waals surface area contributed by atoms with E-state index in [0.29, 0.717) is 13.0 Å². The number of Topliss-reactive ketones (excluding diaryl/α,β-unsaturated/α-hetero) is 3. The van der Waals surface area contributed by atoms with E-state index in [-0.39, 0.29) is 53.2 Å². The topological polar surface area (TPSA) is 104 Å². The Morgan fingerprint density at radius 1 is 1.21 bits per heavy atom. The Morgan fingerprint density at radius 2 is 1.90 bits per heavy atom. The lowest BCUT2D eigenvalue weighted by atomic mass is 9.81. The van der Waals surface area contributed by atoms with Crippen LogP contribution in [0, 0.1) is 5.92 Å². The minimum Gasteiger partial charge on any atom is -0.376 e. The molecule has 0 bridgehead atoms. The van der Waals surface area contributed by atoms with E-state index in [2.05, 4.69) is 0 Å². The van der Waals surface area contributed by atoms with E-state index in [4.69, 9.17) is 21.1 Å². The Labute approximate surface area is 174 Å². The zero-order valence-electron chi connectivity index (χ0n) is 16.1. The van der Waals surface area contributed by atoms with Gasteiger partial charge in [0.25, 0.3) is 0 Å². The summed E-state index contributed by atoms with van der Waals surface area (Å²) >= 11 is 6.41. The molecule has 2 aliphatic rings. The Morgan fingerprint density at radius 3 is 2.48 bits per heavy atom. The van der Waals surface area contributed by atoms with Gasteiger partial charge in [0, 0.05) is 36.8 Å². The molecular formula is C20H23ClO7S. The van der Waals surface area contributed by atoms with Gasteiger partial charge in [-0.3, -0.25) is 14.4 Å². The number of carbonyl (C=O) groups excluding carboxylic acids is 3. The van der Waals surface area contributed by atoms with E-state index in [1.807, 2.05) is 0 Å². The zero-order valence-corrected chi connectivity index (χ0v) is 17.7. The highest BCUT2D eigenvalue weighted by atomic mass is 35.5. The molecular weight excluding hydrogens is 420 g/mol. The van der Waals surface area contributed by atoms with Gasteiger partial charge in [-0.2, -0.15) is 0 Å². The average molecular weight is 443 g/mol. The number of halogens is 1. The molecule has 0 radical (unpaired) electrons. The third kappa shape index (κ3) is 4.94. The van der Waals surface area contributed by atoms with Gasteiger partial charge in [-0.05, 0) is 31.4 Å². The van der Waals surface area contributed by atoms with Gasteiger partial charge in [0.2, 0.25) is 0 Å². The van der Waals surface area contributed by atoms with Gasteiger partial charge in [-0.1, -0.05) is 11.6 Å². The summed E-state index contributed by atoms with van der Waals surface area (Å²) in [6.07, 6.45) is 3.55. The molecule has 1 aliphatic heterocycles. The summed E-state index contributed by atoms with van der Waals surface area (Å²) in [7, 11) is -3.64. The van der Waals surface area contributed by atoms with Crippen LogP contribution in [-0.2, 0) is 35.5 Å². The molecule has 1 atom stereocenters. The Balaban J connectivity index is 1.91. The number of benzene rings is 1. The Hall–Kier alpha value is -1.61. The smallest absolute Gasteiger partial charge is 0.182 e. The van der Waals surface area contributed by atoms with Gasteiger partial charge < -0.3 is 9.47 Å². The molecule has 158 valence electrons. The zero-order chi connectivity index (χ0) is 21.2. The second-order valence-corrected chi connectivity index (χ2v) is 9.77. The number of carbonyl (C=O) groups is 3. The SMILES string of the molecule is CS(=O)(=O)c1ccc(C(=O)C2C(=O)CCCC2=O)c(Cl)c1COC[C@@H]1CCCO1. The highest BCUT2D eigenvalue weighted by molar-refractivity contribution is 7.90. The van der Waals surface area contributed by atoms with Gasteiger partial charge in [0.05, 0.1) is 29.2 Å². The predicted molar refractivity (Wildman–Crippen MR) is 105 cm³/mol. The third-order valence-corrected chi connectivity index (χ3v) is 6.80. The summed E-state index contributed by atoms with van der Waals surface area (Å²) in [5.74, 6) is -2.91. The molecule has 29 heavy (non-hydrogen) atoms. The van der Waals surface area contributed by atoms with Crippen LogP contribution >= 0.6 is 11.6 Å². The molecule has 1 aliphatic carbocycles. The van der Waals surface area contributed by atoms with Gasteiger partial charge >= 0.3 is 0 Å². The quantitative estimate of drug-likeness (QED) is 0.472. The molecule has 3 rings (SSSR count). The van der Waals surface area contributed by atoms with Crippen LogP contribution in [0.1, 0.15) is 48.0 Å². The van der Waals surface area contributed by atoms with Crippen LogP contribution in [0.3, 0.4) is 0 Å². The fraction of sp³-hybridized carbons (Fsp3) is 0.550. The number of hydrogen-bond donors (Lipinski definition) is 0. The molecule has 9 heteroatoms. The van der Waals surface area contributed by atoms with E-state index in [9.17, 15) is 22.8 Å². The van der Waals surface area contributed by atoms with Gasteiger partial charge in [-0.25, -0.2) is 8.42 Å². The molecule has 0 N–H and O–H groups in total. The Kier molecular flexibility index (Phi) is 6.88. The highest BCUT2D eigenvalue weighted by Gasteiger charge is 2.38. The number of sulfone groups is 1. The average Bonchev–Trinajstić information content (AvgIpc) is 3.15. The van der Waals surface area contributed by atoms with Crippen molar-refractivity contribution in [1.82, 2.24) is 0 Å². The van der Waals surface area contributed by atoms with Crippen molar-refractivity contribution in [2.75, 3.05) is 19.5 Å². The molecule has 7 nitrogen and oxygen atoms in total. The van der Waals surface area contributed by atoms with E-state index in [1.54, 1.807) is 0 Å². The van der Waals surface area contributed by atoms with Crippen molar-refractivity contribution in [2.24, 2.45) is 5.92 Å². The fourth-order valence-corrected chi connectivity index (χ4v) is 4.99. The van der Waals surface area contributed by atoms with Crippen molar-refractivity contribution in [3.8, 4) is 0 Å². The summed E-state index contributed by atoms with van der Waals surface area (Å²) in [6.45, 7) is 0.808. The first-order valence-corrected chi connectivity index (χ1v) is 11.8. The molecule has 1 heterocycles. The maximum absolute atomic E-state index is 12.9. The van der Waals surface area contributed by atoms with E-state index in [0.717, 1.165) is 19.1 Å². The molecule has 1 aromatic carbocycles. The lowest BCUT2D eigenvalue weighted by Crippen LogP contribution is -2.35. The maximum atomic E-state index is 12.9. The number of rotatable bonds is 7. The van der Waals surface area contributed by atoms with Crippen LogP contribution in [0.4, 0.5) is 0 Å². The fourth-order valence-electron chi connectivity index (χ4n) is 3.70. The standard InChI is InChI=1S/C20H23ClO7S/c1-29(25,26)17-8-7-13(20(24)18-15(22)5-2-6-16(18)23)19(21)14(17)11-27-10-12-4-3-9-28-12/h7-8,12,18H,2-6,9-11H2,1H3/t12-/m0/s1. The minimum atomic E-state index is -3.64. The summed E-state index contributed by atoms with van der Waals surface area (Å²) < 4.78 is 35.5. The van der Waals surface area contributed by atoms with E-state index in [1.165, 1.54) is 12.1 Å². The van der Waals surface area contributed by atoms with Crippen LogP contribution in [0.5, 0.6) is 0 Å². The van der Waals surface area contributed by atoms with Crippen LogP contribution in [0.15, 0.2) is 17.0 Å². The summed E-state index contributed by atoms with van der Waals surface area (Å²) in [4.78, 5) is 37.1. The maximum Gasteiger partial charge on any atom is 0.182 e. The first-order valence-electron chi connectivity index (χ1n) is 9.50. The van der Waals surface area contributed by atoms with Crippen molar-refractivity contribution in [1.29, 1.82) is 0 Å². The van der Waals surface area contributed by atoms with Crippen molar-refractivity contribution >= 4 is 38.8 Å². The minimum absolute atomic E-state index is 0.0385. The molecule has 0 unspecified atom stereocenters. The van der Waals surface area contributed by atoms with E-state index >= 15 is 0 Å². The Bertz CT molecular complexity index is 916. The normalized spacial score (nSPS) is 21.0. The van der Waals surface area contributed by atoms with Crippen LogP contribution < -0.4 is 0 Å². The molecule has 1 aromatic rings. The molecule has 1 saturated carbocycles. The third-order valence-electron chi connectivity index (χ3n) is 5.19. The summed E-state index contributed by atoms with van der Waals surface area (Å²) in [5, 5.41) is -0.101. The molecule has 0 spiro atoms. The number of hydrogen-bond acceptors (Lipinski definition) is 7. The molecule has 2 fully saturated rings. The van der Waals surface area contributed by atoms with Crippen LogP contribution in [0.25, 0.3) is 0 Å². The summed E-state index contributed by atoms with van der Waals surface area (Å²) in [6, 6.07) is 2.54. The second kappa shape index (κ2) is 9.04. The molecule has 0 amide bonds.